The SMILES string of the molecule is CCOCCC/C=C1\SC[C@H]2[C@@H]1N(Cc1ccccc1)C(=O)N2Cc1ccccc1. The lowest BCUT2D eigenvalue weighted by Gasteiger charge is -2.23. The number of thioether (sulfide) groups is 1. The number of ether oxygens (including phenoxy) is 1. The summed E-state index contributed by atoms with van der Waals surface area (Å²) in [5.41, 5.74) is 2.36. The molecule has 0 N–H and O–H groups in total. The summed E-state index contributed by atoms with van der Waals surface area (Å²) < 4.78 is 5.48. The Morgan fingerprint density at radius 1 is 1.00 bits per heavy atom. The van der Waals surface area contributed by atoms with Gasteiger partial charge in [0.05, 0.1) is 12.1 Å². The van der Waals surface area contributed by atoms with Gasteiger partial charge < -0.3 is 14.5 Å². The second-order valence-electron chi connectivity index (χ2n) is 7.78. The summed E-state index contributed by atoms with van der Waals surface area (Å²) in [6.45, 7) is 4.92. The van der Waals surface area contributed by atoms with Crippen molar-refractivity contribution in [1.29, 1.82) is 0 Å². The number of unbranched alkanes of at least 4 members (excludes halogenated alkanes) is 1. The quantitative estimate of drug-likeness (QED) is 0.406. The summed E-state index contributed by atoms with van der Waals surface area (Å²) in [6.07, 6.45) is 4.36. The highest BCUT2D eigenvalue weighted by atomic mass is 32.2. The number of urea groups is 1. The zero-order valence-electron chi connectivity index (χ0n) is 17.6. The molecule has 0 unspecified atom stereocenters. The Balaban J connectivity index is 1.54. The monoisotopic (exact) mass is 422 g/mol. The van der Waals surface area contributed by atoms with Crippen LogP contribution >= 0.6 is 11.8 Å². The molecule has 0 saturated carbocycles. The Morgan fingerprint density at radius 2 is 1.63 bits per heavy atom. The van der Waals surface area contributed by atoms with Crippen LogP contribution in [0.4, 0.5) is 4.79 Å². The number of nitrogens with zero attached hydrogens (tertiary/aromatic N) is 2. The lowest BCUT2D eigenvalue weighted by Crippen LogP contribution is -2.35. The smallest absolute Gasteiger partial charge is 0.321 e. The van der Waals surface area contributed by atoms with Gasteiger partial charge in [0.25, 0.3) is 0 Å². The van der Waals surface area contributed by atoms with E-state index in [1.54, 1.807) is 0 Å². The molecule has 2 saturated heterocycles. The zero-order chi connectivity index (χ0) is 20.8. The number of rotatable bonds is 9. The van der Waals surface area contributed by atoms with E-state index >= 15 is 0 Å². The topological polar surface area (TPSA) is 32.8 Å². The molecule has 2 amide bonds. The van der Waals surface area contributed by atoms with Gasteiger partial charge in [0.2, 0.25) is 0 Å². The van der Waals surface area contributed by atoms with Crippen LogP contribution in [-0.4, -0.2) is 46.9 Å². The number of carbonyl (C=O) groups is 1. The van der Waals surface area contributed by atoms with Gasteiger partial charge in [0.1, 0.15) is 0 Å². The number of fused-ring (bicyclic) bond motifs is 1. The molecule has 4 rings (SSSR count). The number of carbonyl (C=O) groups excluding carboxylic acids is 1. The predicted molar refractivity (Wildman–Crippen MR) is 123 cm³/mol. The van der Waals surface area contributed by atoms with E-state index in [2.05, 4.69) is 40.1 Å². The molecule has 158 valence electrons. The average Bonchev–Trinajstić information content (AvgIpc) is 3.30. The minimum atomic E-state index is 0.151. The van der Waals surface area contributed by atoms with Crippen molar-refractivity contribution >= 4 is 17.8 Å². The van der Waals surface area contributed by atoms with Crippen LogP contribution in [0.2, 0.25) is 0 Å². The fourth-order valence-corrected chi connectivity index (χ4v) is 5.68. The van der Waals surface area contributed by atoms with E-state index in [1.807, 2.05) is 55.1 Å². The first-order valence-corrected chi connectivity index (χ1v) is 11.8. The summed E-state index contributed by atoms with van der Waals surface area (Å²) in [6, 6.07) is 21.2. The maximum Gasteiger partial charge on any atom is 0.321 e. The molecule has 0 radical (unpaired) electrons. The molecular weight excluding hydrogens is 392 g/mol. The third kappa shape index (κ3) is 4.73. The summed E-state index contributed by atoms with van der Waals surface area (Å²) in [7, 11) is 0. The number of allylic oxidation sites excluding steroid dienone is 1. The van der Waals surface area contributed by atoms with Crippen LogP contribution in [0.3, 0.4) is 0 Å². The summed E-state index contributed by atoms with van der Waals surface area (Å²) >= 11 is 1.91. The van der Waals surface area contributed by atoms with Crippen LogP contribution in [0.15, 0.2) is 71.6 Å². The Morgan fingerprint density at radius 3 is 2.27 bits per heavy atom. The molecule has 30 heavy (non-hydrogen) atoms. The molecule has 5 heteroatoms. The zero-order valence-corrected chi connectivity index (χ0v) is 18.4. The maximum atomic E-state index is 13.5. The molecule has 4 nitrogen and oxygen atoms in total. The second kappa shape index (κ2) is 10.2. The molecule has 0 bridgehead atoms. The van der Waals surface area contributed by atoms with E-state index in [-0.39, 0.29) is 18.1 Å². The first-order valence-electron chi connectivity index (χ1n) is 10.8. The molecule has 2 aromatic rings. The van der Waals surface area contributed by atoms with Crippen molar-refractivity contribution < 1.29 is 9.53 Å². The molecule has 0 spiro atoms. The molecule has 2 atom stereocenters. The van der Waals surface area contributed by atoms with Crippen molar-refractivity contribution in [3.05, 3.63) is 82.8 Å². The number of amides is 2. The van der Waals surface area contributed by atoms with Gasteiger partial charge in [-0.2, -0.15) is 0 Å². The molecule has 2 aliphatic rings. The predicted octanol–water partition coefficient (Wildman–Crippen LogP) is 5.31. The summed E-state index contributed by atoms with van der Waals surface area (Å²) in [5, 5.41) is 0. The Kier molecular flexibility index (Phi) is 7.13. The molecule has 2 aromatic carbocycles. The van der Waals surface area contributed by atoms with Gasteiger partial charge in [0, 0.05) is 37.0 Å². The Bertz CT molecular complexity index is 856. The van der Waals surface area contributed by atoms with E-state index < -0.39 is 0 Å². The Hall–Kier alpha value is -2.24. The highest BCUT2D eigenvalue weighted by molar-refractivity contribution is 8.03. The van der Waals surface area contributed by atoms with Crippen molar-refractivity contribution in [1.82, 2.24) is 9.80 Å². The van der Waals surface area contributed by atoms with Crippen molar-refractivity contribution in [3.8, 4) is 0 Å². The lowest BCUT2D eigenvalue weighted by molar-refractivity contribution is 0.145. The highest BCUT2D eigenvalue weighted by Gasteiger charge is 2.50. The van der Waals surface area contributed by atoms with Crippen LogP contribution in [0.1, 0.15) is 30.9 Å². The minimum absolute atomic E-state index is 0.151. The summed E-state index contributed by atoms with van der Waals surface area (Å²) in [5.74, 6) is 0.964. The highest BCUT2D eigenvalue weighted by Crippen LogP contribution is 2.43. The first kappa shape index (κ1) is 21.0. The van der Waals surface area contributed by atoms with Gasteiger partial charge in [-0.25, -0.2) is 4.79 Å². The van der Waals surface area contributed by atoms with Gasteiger partial charge >= 0.3 is 6.03 Å². The number of benzene rings is 2. The van der Waals surface area contributed by atoms with Crippen LogP contribution in [-0.2, 0) is 17.8 Å². The fourth-order valence-electron chi connectivity index (χ4n) is 4.26. The third-order valence-corrected chi connectivity index (χ3v) is 6.99. The van der Waals surface area contributed by atoms with E-state index in [0.29, 0.717) is 13.1 Å². The van der Waals surface area contributed by atoms with Crippen LogP contribution in [0.25, 0.3) is 0 Å². The number of hydrogen-bond acceptors (Lipinski definition) is 3. The van der Waals surface area contributed by atoms with Crippen molar-refractivity contribution in [2.75, 3.05) is 19.0 Å². The van der Waals surface area contributed by atoms with Crippen LogP contribution in [0.5, 0.6) is 0 Å². The van der Waals surface area contributed by atoms with Gasteiger partial charge in [0.15, 0.2) is 0 Å². The van der Waals surface area contributed by atoms with Crippen LogP contribution < -0.4 is 0 Å². The molecule has 0 aromatic heterocycles. The van der Waals surface area contributed by atoms with E-state index in [1.165, 1.54) is 16.0 Å². The standard InChI is InChI=1S/C25H30N2O2S/c1-2-29-16-10-9-15-23-24-22(19-30-23)26(17-20-11-5-3-6-12-20)25(28)27(24)18-21-13-7-4-8-14-21/h3-8,11-15,22,24H,2,9-10,16-19H2,1H3/b23-15-/t22-,24-/m0/s1. The normalized spacial score (nSPS) is 22.2. The Labute approximate surface area is 183 Å². The van der Waals surface area contributed by atoms with Crippen LogP contribution in [0, 0.1) is 0 Å². The largest absolute Gasteiger partial charge is 0.382 e. The molecule has 2 fully saturated rings. The molecule has 0 aliphatic carbocycles. The molecule has 2 aliphatic heterocycles. The second-order valence-corrected chi connectivity index (χ2v) is 8.87. The summed E-state index contributed by atoms with van der Waals surface area (Å²) in [4.78, 5) is 19.0. The van der Waals surface area contributed by atoms with E-state index in [4.69, 9.17) is 4.74 Å². The van der Waals surface area contributed by atoms with Gasteiger partial charge in [-0.05, 0) is 30.9 Å². The molecular formula is C25H30N2O2S. The van der Waals surface area contributed by atoms with Gasteiger partial charge in [-0.3, -0.25) is 0 Å². The van der Waals surface area contributed by atoms with Crippen molar-refractivity contribution in [2.45, 2.75) is 44.9 Å². The average molecular weight is 423 g/mol. The van der Waals surface area contributed by atoms with Crippen molar-refractivity contribution in [3.63, 3.8) is 0 Å². The van der Waals surface area contributed by atoms with E-state index in [0.717, 1.165) is 31.8 Å². The van der Waals surface area contributed by atoms with E-state index in [9.17, 15) is 4.79 Å². The third-order valence-electron chi connectivity index (χ3n) is 5.74. The number of hydrogen-bond donors (Lipinski definition) is 0. The van der Waals surface area contributed by atoms with Gasteiger partial charge in [-0.15, -0.1) is 11.8 Å². The first-order chi connectivity index (χ1) is 14.8. The minimum Gasteiger partial charge on any atom is -0.382 e. The van der Waals surface area contributed by atoms with Crippen molar-refractivity contribution in [2.24, 2.45) is 0 Å². The maximum absolute atomic E-state index is 13.5. The lowest BCUT2D eigenvalue weighted by atomic mass is 10.1. The fraction of sp³-hybridized carbons (Fsp3) is 0.400. The van der Waals surface area contributed by atoms with Gasteiger partial charge in [-0.1, -0.05) is 66.7 Å². The molecule has 2 heterocycles.